The Morgan fingerprint density at radius 2 is 1.82 bits per heavy atom. The maximum Gasteiger partial charge on any atom is 0.0757 e. The molecule has 0 aromatic heterocycles. The summed E-state index contributed by atoms with van der Waals surface area (Å²) in [4.78, 5) is 2.49. The van der Waals surface area contributed by atoms with Gasteiger partial charge in [0, 0.05) is 25.2 Å². The lowest BCUT2D eigenvalue weighted by Gasteiger charge is -2.47. The molecule has 1 heterocycles. The minimum Gasteiger partial charge on any atom is -0.370 e. The Balaban J connectivity index is 2.69. The van der Waals surface area contributed by atoms with E-state index in [1.54, 1.807) is 0 Å². The molecule has 0 aromatic carbocycles. The number of hydrogen-bond acceptors (Lipinski definition) is 3. The van der Waals surface area contributed by atoms with Gasteiger partial charge < -0.3 is 10.5 Å². The molecular weight excluding hydrogens is 212 g/mol. The average Bonchev–Trinajstić information content (AvgIpc) is 1.94. The van der Waals surface area contributed by atoms with Crippen molar-refractivity contribution in [1.29, 1.82) is 0 Å². The van der Waals surface area contributed by atoms with Gasteiger partial charge in [-0.2, -0.15) is 0 Å². The second-order valence-corrected chi connectivity index (χ2v) is 7.46. The van der Waals surface area contributed by atoms with Crippen molar-refractivity contribution in [2.45, 2.75) is 65.7 Å². The van der Waals surface area contributed by atoms with E-state index < -0.39 is 0 Å². The van der Waals surface area contributed by atoms with Crippen LogP contribution < -0.4 is 5.73 Å². The Kier molecular flexibility index (Phi) is 3.98. The van der Waals surface area contributed by atoms with Gasteiger partial charge in [-0.05, 0) is 40.0 Å². The largest absolute Gasteiger partial charge is 0.370 e. The van der Waals surface area contributed by atoms with Crippen molar-refractivity contribution in [3.05, 3.63) is 0 Å². The molecule has 1 unspecified atom stereocenters. The lowest BCUT2D eigenvalue weighted by Crippen LogP contribution is -2.58. The normalized spacial score (nSPS) is 27.2. The van der Waals surface area contributed by atoms with Crippen molar-refractivity contribution in [1.82, 2.24) is 4.90 Å². The van der Waals surface area contributed by atoms with Gasteiger partial charge in [0.25, 0.3) is 0 Å². The fourth-order valence-corrected chi connectivity index (χ4v) is 2.47. The molecule has 0 spiro atoms. The second kappa shape index (κ2) is 4.52. The molecule has 1 saturated heterocycles. The zero-order chi connectivity index (χ0) is 13.5. The van der Waals surface area contributed by atoms with Crippen LogP contribution in [0.25, 0.3) is 0 Å². The third-order valence-corrected chi connectivity index (χ3v) is 4.00. The van der Waals surface area contributed by atoms with Crippen LogP contribution in [0.4, 0.5) is 0 Å². The molecule has 0 aliphatic carbocycles. The monoisotopic (exact) mass is 242 g/mol. The number of rotatable bonds is 3. The molecule has 0 amide bonds. The van der Waals surface area contributed by atoms with Gasteiger partial charge in [0.05, 0.1) is 11.7 Å². The Morgan fingerprint density at radius 3 is 2.24 bits per heavy atom. The number of hydrogen-bond donors (Lipinski definition) is 1. The first-order valence-electron chi connectivity index (χ1n) is 6.62. The van der Waals surface area contributed by atoms with Crippen molar-refractivity contribution in [2.24, 2.45) is 11.1 Å². The summed E-state index contributed by atoms with van der Waals surface area (Å²) in [6, 6.07) is 0. The molecule has 0 saturated carbocycles. The van der Waals surface area contributed by atoms with Crippen molar-refractivity contribution in [2.75, 3.05) is 19.6 Å². The average molecular weight is 242 g/mol. The number of nitrogens with two attached hydrogens (primary N) is 1. The first kappa shape index (κ1) is 14.9. The van der Waals surface area contributed by atoms with Crippen molar-refractivity contribution in [3.63, 3.8) is 0 Å². The highest BCUT2D eigenvalue weighted by molar-refractivity contribution is 4.94. The van der Waals surface area contributed by atoms with Gasteiger partial charge in [-0.3, -0.25) is 4.90 Å². The summed E-state index contributed by atoms with van der Waals surface area (Å²) in [5.41, 5.74) is 6.16. The van der Waals surface area contributed by atoms with E-state index in [4.69, 9.17) is 10.5 Å². The first-order chi connectivity index (χ1) is 7.43. The predicted molar refractivity (Wildman–Crippen MR) is 73.1 cm³/mol. The number of nitrogens with zero attached hydrogens (tertiary/aromatic N) is 1. The van der Waals surface area contributed by atoms with Crippen molar-refractivity contribution in [3.8, 4) is 0 Å². The van der Waals surface area contributed by atoms with E-state index in [9.17, 15) is 0 Å². The smallest absolute Gasteiger partial charge is 0.0757 e. The summed E-state index contributed by atoms with van der Waals surface area (Å²) in [5.74, 6) is 0. The van der Waals surface area contributed by atoms with E-state index in [1.807, 2.05) is 0 Å². The molecule has 0 bridgehead atoms. The van der Waals surface area contributed by atoms with Crippen molar-refractivity contribution >= 4 is 0 Å². The molecule has 0 radical (unpaired) electrons. The number of ether oxygens (including phenoxy) is 1. The SMILES string of the molecule is CC1CN(CC(C)(C)C(C)(C)N)CC(C)(C)O1. The third kappa shape index (κ3) is 3.94. The Labute approximate surface area is 107 Å². The van der Waals surface area contributed by atoms with Crippen LogP contribution in [-0.2, 0) is 4.74 Å². The highest BCUT2D eigenvalue weighted by Gasteiger charge is 2.38. The summed E-state index contributed by atoms with van der Waals surface area (Å²) in [6.45, 7) is 18.2. The molecule has 1 fully saturated rings. The highest BCUT2D eigenvalue weighted by Crippen LogP contribution is 2.31. The molecule has 1 atom stereocenters. The molecule has 0 aromatic rings. The topological polar surface area (TPSA) is 38.5 Å². The maximum absolute atomic E-state index is 6.27. The molecule has 1 rings (SSSR count). The van der Waals surface area contributed by atoms with Gasteiger partial charge >= 0.3 is 0 Å². The summed E-state index contributed by atoms with van der Waals surface area (Å²) in [5, 5.41) is 0. The summed E-state index contributed by atoms with van der Waals surface area (Å²) in [7, 11) is 0. The van der Waals surface area contributed by atoms with Crippen LogP contribution in [0, 0.1) is 5.41 Å². The van der Waals surface area contributed by atoms with Gasteiger partial charge in [0.2, 0.25) is 0 Å². The fraction of sp³-hybridized carbons (Fsp3) is 1.00. The molecule has 3 heteroatoms. The standard InChI is InChI=1S/C14H30N2O/c1-11-8-16(10-13(4,5)17-11)9-12(2,3)14(6,7)15/h11H,8-10,15H2,1-7H3. The summed E-state index contributed by atoms with van der Waals surface area (Å²) < 4.78 is 5.93. The summed E-state index contributed by atoms with van der Waals surface area (Å²) >= 11 is 0. The molecule has 2 N–H and O–H groups in total. The van der Waals surface area contributed by atoms with Gasteiger partial charge in [-0.25, -0.2) is 0 Å². The predicted octanol–water partition coefficient (Wildman–Crippen LogP) is 2.25. The van der Waals surface area contributed by atoms with Crippen LogP contribution >= 0.6 is 0 Å². The minimum absolute atomic E-state index is 0.0491. The Bertz CT molecular complexity index is 266. The van der Waals surface area contributed by atoms with Gasteiger partial charge in [0.1, 0.15) is 0 Å². The van der Waals surface area contributed by atoms with Gasteiger partial charge in [-0.15, -0.1) is 0 Å². The van der Waals surface area contributed by atoms with Gasteiger partial charge in [-0.1, -0.05) is 13.8 Å². The molecule has 17 heavy (non-hydrogen) atoms. The second-order valence-electron chi connectivity index (χ2n) is 7.46. The lowest BCUT2D eigenvalue weighted by atomic mass is 9.74. The molecule has 1 aliphatic rings. The van der Waals surface area contributed by atoms with Crippen LogP contribution in [0.1, 0.15) is 48.5 Å². The highest BCUT2D eigenvalue weighted by atomic mass is 16.5. The van der Waals surface area contributed by atoms with Gasteiger partial charge in [0.15, 0.2) is 0 Å². The first-order valence-corrected chi connectivity index (χ1v) is 6.62. The summed E-state index contributed by atoms with van der Waals surface area (Å²) in [6.07, 6.45) is 0.301. The van der Waals surface area contributed by atoms with E-state index in [-0.39, 0.29) is 16.6 Å². The molecular formula is C14H30N2O. The Morgan fingerprint density at radius 1 is 1.29 bits per heavy atom. The maximum atomic E-state index is 6.27. The molecule has 102 valence electrons. The quantitative estimate of drug-likeness (QED) is 0.825. The van der Waals surface area contributed by atoms with Crippen LogP contribution in [0.5, 0.6) is 0 Å². The Hall–Kier alpha value is -0.120. The van der Waals surface area contributed by atoms with E-state index in [0.717, 1.165) is 19.6 Å². The van der Waals surface area contributed by atoms with Crippen LogP contribution in [0.15, 0.2) is 0 Å². The zero-order valence-electron chi connectivity index (χ0n) is 12.6. The van der Waals surface area contributed by atoms with E-state index >= 15 is 0 Å². The van der Waals surface area contributed by atoms with Crippen LogP contribution in [0.2, 0.25) is 0 Å². The number of morpholine rings is 1. The molecule has 1 aliphatic heterocycles. The zero-order valence-corrected chi connectivity index (χ0v) is 12.6. The third-order valence-electron chi connectivity index (χ3n) is 4.00. The van der Waals surface area contributed by atoms with Crippen molar-refractivity contribution < 1.29 is 4.74 Å². The molecule has 3 nitrogen and oxygen atoms in total. The van der Waals surface area contributed by atoms with Crippen LogP contribution in [0.3, 0.4) is 0 Å². The fourth-order valence-electron chi connectivity index (χ4n) is 2.47. The van der Waals surface area contributed by atoms with E-state index in [2.05, 4.69) is 53.4 Å². The van der Waals surface area contributed by atoms with Crippen LogP contribution in [-0.4, -0.2) is 41.8 Å². The van der Waals surface area contributed by atoms with E-state index in [0.29, 0.717) is 6.10 Å². The minimum atomic E-state index is -0.168. The lowest BCUT2D eigenvalue weighted by molar-refractivity contribution is -0.136. The van der Waals surface area contributed by atoms with E-state index in [1.165, 1.54) is 0 Å².